The smallest absolute Gasteiger partial charge is 0.328 e. The molecule has 0 aliphatic carbocycles. The normalized spacial score (nSPS) is 18.9. The van der Waals surface area contributed by atoms with Gasteiger partial charge in [-0.15, -0.1) is 0 Å². The van der Waals surface area contributed by atoms with Gasteiger partial charge in [-0.05, 0) is 17.7 Å². The molecule has 1 atom stereocenters. The molecular formula is C12H12FNO3. The van der Waals surface area contributed by atoms with Crippen LogP contribution in [0.2, 0.25) is 0 Å². The van der Waals surface area contributed by atoms with Crippen molar-refractivity contribution >= 4 is 11.9 Å². The molecule has 1 fully saturated rings. The van der Waals surface area contributed by atoms with E-state index in [0.717, 1.165) is 0 Å². The standard InChI is InChI=1S/C12H12FNO3/c13-9-3-1-2-8(6-9)7-11(15)14-10-4-5-17-12(10)16/h1-3,6,10H,4-5,7H2,(H,14,15)/t10-/m1/s1. The van der Waals surface area contributed by atoms with Gasteiger partial charge in [0.2, 0.25) is 5.91 Å². The summed E-state index contributed by atoms with van der Waals surface area (Å²) in [6.45, 7) is 0.337. The molecule has 4 nitrogen and oxygen atoms in total. The maximum absolute atomic E-state index is 12.9. The maximum Gasteiger partial charge on any atom is 0.328 e. The molecular weight excluding hydrogens is 225 g/mol. The van der Waals surface area contributed by atoms with Crippen molar-refractivity contribution in [1.82, 2.24) is 5.32 Å². The second-order valence-corrected chi connectivity index (χ2v) is 3.88. The van der Waals surface area contributed by atoms with Crippen molar-refractivity contribution in [3.8, 4) is 0 Å². The molecule has 1 aliphatic rings. The summed E-state index contributed by atoms with van der Waals surface area (Å²) in [7, 11) is 0. The molecule has 1 aromatic carbocycles. The molecule has 1 amide bonds. The summed E-state index contributed by atoms with van der Waals surface area (Å²) in [5.41, 5.74) is 0.578. The number of amides is 1. The van der Waals surface area contributed by atoms with E-state index in [4.69, 9.17) is 4.74 Å². The Morgan fingerprint density at radius 3 is 3.00 bits per heavy atom. The summed E-state index contributed by atoms with van der Waals surface area (Å²) in [6, 6.07) is 5.26. The van der Waals surface area contributed by atoms with Crippen LogP contribution in [-0.2, 0) is 20.7 Å². The SMILES string of the molecule is O=C(Cc1cccc(F)c1)N[C@@H]1CCOC1=O. The van der Waals surface area contributed by atoms with E-state index in [1.165, 1.54) is 12.1 Å². The van der Waals surface area contributed by atoms with Gasteiger partial charge in [0, 0.05) is 6.42 Å². The van der Waals surface area contributed by atoms with Crippen LogP contribution in [0.4, 0.5) is 4.39 Å². The first-order valence-electron chi connectivity index (χ1n) is 5.35. The van der Waals surface area contributed by atoms with Crippen LogP contribution < -0.4 is 5.32 Å². The van der Waals surface area contributed by atoms with Crippen LogP contribution in [0, 0.1) is 5.82 Å². The topological polar surface area (TPSA) is 55.4 Å². The van der Waals surface area contributed by atoms with E-state index in [-0.39, 0.29) is 18.1 Å². The summed E-state index contributed by atoms with van der Waals surface area (Å²) in [5.74, 6) is -1.09. The number of benzene rings is 1. The van der Waals surface area contributed by atoms with Gasteiger partial charge in [0.15, 0.2) is 0 Å². The predicted octanol–water partition coefficient (Wildman–Crippen LogP) is 0.800. The zero-order chi connectivity index (χ0) is 12.3. The summed E-state index contributed by atoms with van der Waals surface area (Å²) in [5, 5.41) is 2.56. The summed E-state index contributed by atoms with van der Waals surface area (Å²) in [6.07, 6.45) is 0.551. The molecule has 0 saturated carbocycles. The fourth-order valence-electron chi connectivity index (χ4n) is 1.70. The Balaban J connectivity index is 1.91. The van der Waals surface area contributed by atoms with Crippen molar-refractivity contribution in [3.63, 3.8) is 0 Å². The average molecular weight is 237 g/mol. The first kappa shape index (κ1) is 11.6. The van der Waals surface area contributed by atoms with Gasteiger partial charge in [-0.1, -0.05) is 12.1 Å². The fourth-order valence-corrected chi connectivity index (χ4v) is 1.70. The number of hydrogen-bond donors (Lipinski definition) is 1. The van der Waals surface area contributed by atoms with Crippen LogP contribution in [0.1, 0.15) is 12.0 Å². The van der Waals surface area contributed by atoms with Gasteiger partial charge in [-0.3, -0.25) is 4.79 Å². The number of ether oxygens (including phenoxy) is 1. The molecule has 0 bridgehead atoms. The molecule has 1 saturated heterocycles. The lowest BCUT2D eigenvalue weighted by Gasteiger charge is -2.08. The van der Waals surface area contributed by atoms with Crippen molar-refractivity contribution in [1.29, 1.82) is 0 Å². The van der Waals surface area contributed by atoms with Crippen molar-refractivity contribution in [3.05, 3.63) is 35.6 Å². The molecule has 1 N–H and O–H groups in total. The number of cyclic esters (lactones) is 1. The molecule has 0 radical (unpaired) electrons. The van der Waals surface area contributed by atoms with Gasteiger partial charge in [0.25, 0.3) is 0 Å². The Hall–Kier alpha value is -1.91. The number of carbonyl (C=O) groups is 2. The van der Waals surface area contributed by atoms with E-state index >= 15 is 0 Å². The second kappa shape index (κ2) is 4.95. The highest BCUT2D eigenvalue weighted by Crippen LogP contribution is 2.07. The third-order valence-electron chi connectivity index (χ3n) is 2.52. The molecule has 1 aromatic rings. The summed E-state index contributed by atoms with van der Waals surface area (Å²) in [4.78, 5) is 22.7. The van der Waals surface area contributed by atoms with Crippen molar-refractivity contribution in [2.45, 2.75) is 18.9 Å². The molecule has 2 rings (SSSR count). The molecule has 0 aromatic heterocycles. The van der Waals surface area contributed by atoms with Gasteiger partial charge in [-0.25, -0.2) is 9.18 Å². The molecule has 5 heteroatoms. The van der Waals surface area contributed by atoms with E-state index in [0.29, 0.717) is 18.6 Å². The van der Waals surface area contributed by atoms with Crippen molar-refractivity contribution in [2.24, 2.45) is 0 Å². The Kier molecular flexibility index (Phi) is 3.37. The Labute approximate surface area is 97.8 Å². The van der Waals surface area contributed by atoms with Crippen LogP contribution in [0.15, 0.2) is 24.3 Å². The molecule has 1 aliphatic heterocycles. The Morgan fingerprint density at radius 1 is 1.53 bits per heavy atom. The van der Waals surface area contributed by atoms with Gasteiger partial charge < -0.3 is 10.1 Å². The van der Waals surface area contributed by atoms with E-state index in [1.54, 1.807) is 12.1 Å². The first-order chi connectivity index (χ1) is 8.15. The van der Waals surface area contributed by atoms with Crippen LogP contribution in [0.3, 0.4) is 0 Å². The number of nitrogens with one attached hydrogen (secondary N) is 1. The minimum Gasteiger partial charge on any atom is -0.464 e. The Bertz CT molecular complexity index is 447. The molecule has 90 valence electrons. The Morgan fingerprint density at radius 2 is 2.35 bits per heavy atom. The van der Waals surface area contributed by atoms with Gasteiger partial charge >= 0.3 is 5.97 Å². The molecule has 1 heterocycles. The zero-order valence-electron chi connectivity index (χ0n) is 9.11. The van der Waals surface area contributed by atoms with E-state index < -0.39 is 12.0 Å². The lowest BCUT2D eigenvalue weighted by molar-refractivity contribution is -0.141. The number of hydrogen-bond acceptors (Lipinski definition) is 3. The zero-order valence-corrected chi connectivity index (χ0v) is 9.11. The minimum atomic E-state index is -0.559. The lowest BCUT2D eigenvalue weighted by atomic mass is 10.1. The average Bonchev–Trinajstić information content (AvgIpc) is 2.64. The van der Waals surface area contributed by atoms with Crippen molar-refractivity contribution < 1.29 is 18.7 Å². The van der Waals surface area contributed by atoms with Gasteiger partial charge in [0.1, 0.15) is 11.9 Å². The van der Waals surface area contributed by atoms with Gasteiger partial charge in [0.05, 0.1) is 13.0 Å². The van der Waals surface area contributed by atoms with Crippen molar-refractivity contribution in [2.75, 3.05) is 6.61 Å². The third kappa shape index (κ3) is 3.03. The highest BCUT2D eigenvalue weighted by atomic mass is 19.1. The van der Waals surface area contributed by atoms with Crippen LogP contribution >= 0.6 is 0 Å². The summed E-state index contributed by atoms with van der Waals surface area (Å²) < 4.78 is 17.6. The lowest BCUT2D eigenvalue weighted by Crippen LogP contribution is -2.38. The number of rotatable bonds is 3. The number of halogens is 1. The van der Waals surface area contributed by atoms with E-state index in [1.807, 2.05) is 0 Å². The van der Waals surface area contributed by atoms with E-state index in [9.17, 15) is 14.0 Å². The fraction of sp³-hybridized carbons (Fsp3) is 0.333. The minimum absolute atomic E-state index is 0.0571. The maximum atomic E-state index is 12.9. The quantitative estimate of drug-likeness (QED) is 0.791. The largest absolute Gasteiger partial charge is 0.464 e. The monoisotopic (exact) mass is 237 g/mol. The number of esters is 1. The second-order valence-electron chi connectivity index (χ2n) is 3.88. The predicted molar refractivity (Wildman–Crippen MR) is 57.6 cm³/mol. The third-order valence-corrected chi connectivity index (χ3v) is 2.52. The van der Waals surface area contributed by atoms with Crippen LogP contribution in [-0.4, -0.2) is 24.5 Å². The van der Waals surface area contributed by atoms with Gasteiger partial charge in [-0.2, -0.15) is 0 Å². The first-order valence-corrected chi connectivity index (χ1v) is 5.35. The summed E-state index contributed by atoms with van der Waals surface area (Å²) >= 11 is 0. The highest BCUT2D eigenvalue weighted by Gasteiger charge is 2.27. The molecule has 17 heavy (non-hydrogen) atoms. The molecule has 0 spiro atoms. The number of carbonyl (C=O) groups excluding carboxylic acids is 2. The van der Waals surface area contributed by atoms with E-state index in [2.05, 4.69) is 5.32 Å². The van der Waals surface area contributed by atoms with Crippen LogP contribution in [0.25, 0.3) is 0 Å². The van der Waals surface area contributed by atoms with Crippen LogP contribution in [0.5, 0.6) is 0 Å². The highest BCUT2D eigenvalue weighted by molar-refractivity contribution is 5.86. The molecule has 0 unspecified atom stereocenters.